The minimum absolute atomic E-state index is 0.0720. The maximum Gasteiger partial charge on any atom is 0.322 e. The number of hydrogen-bond acceptors (Lipinski definition) is 2. The summed E-state index contributed by atoms with van der Waals surface area (Å²) < 4.78 is 0. The fourth-order valence-electron chi connectivity index (χ4n) is 2.66. The standard InChI is InChI=1S/C15H20N2OS/c1-11-3-2-4-13(9-11)16-15(18)17-7-8-19-10-14(17)12-5-6-12/h2-4,9,12,14H,5-8,10H2,1H3,(H,16,18)/t14-/m0/s1. The summed E-state index contributed by atoms with van der Waals surface area (Å²) in [7, 11) is 0. The molecule has 0 bridgehead atoms. The van der Waals surface area contributed by atoms with Crippen LogP contribution in [-0.4, -0.2) is 35.0 Å². The molecule has 1 saturated heterocycles. The van der Waals surface area contributed by atoms with Gasteiger partial charge >= 0.3 is 6.03 Å². The molecule has 1 heterocycles. The fourth-order valence-corrected chi connectivity index (χ4v) is 3.85. The summed E-state index contributed by atoms with van der Waals surface area (Å²) >= 11 is 1.98. The smallest absolute Gasteiger partial charge is 0.320 e. The summed E-state index contributed by atoms with van der Waals surface area (Å²) in [6, 6.07) is 8.51. The fraction of sp³-hybridized carbons (Fsp3) is 0.533. The molecule has 1 atom stereocenters. The number of carbonyl (C=O) groups excluding carboxylic acids is 1. The molecular weight excluding hydrogens is 256 g/mol. The van der Waals surface area contributed by atoms with Gasteiger partial charge in [-0.1, -0.05) is 12.1 Å². The molecular formula is C15H20N2OS. The van der Waals surface area contributed by atoms with Crippen molar-refractivity contribution in [1.29, 1.82) is 0 Å². The monoisotopic (exact) mass is 276 g/mol. The summed E-state index contributed by atoms with van der Waals surface area (Å²) in [6.07, 6.45) is 2.58. The number of hydrogen-bond donors (Lipinski definition) is 1. The maximum atomic E-state index is 12.4. The average molecular weight is 276 g/mol. The second-order valence-corrected chi connectivity index (χ2v) is 6.62. The molecule has 1 aliphatic heterocycles. The molecule has 0 radical (unpaired) electrons. The summed E-state index contributed by atoms with van der Waals surface area (Å²) in [5, 5.41) is 3.04. The number of nitrogens with zero attached hydrogens (tertiary/aromatic N) is 1. The molecule has 2 aliphatic rings. The molecule has 2 amide bonds. The van der Waals surface area contributed by atoms with Crippen molar-refractivity contribution >= 4 is 23.5 Å². The summed E-state index contributed by atoms with van der Waals surface area (Å²) in [5.74, 6) is 2.91. The van der Waals surface area contributed by atoms with Crippen molar-refractivity contribution in [1.82, 2.24) is 4.90 Å². The number of thioether (sulfide) groups is 1. The Morgan fingerprint density at radius 3 is 3.00 bits per heavy atom. The topological polar surface area (TPSA) is 32.3 Å². The lowest BCUT2D eigenvalue weighted by molar-refractivity contribution is 0.188. The van der Waals surface area contributed by atoms with E-state index in [0.717, 1.165) is 29.7 Å². The molecule has 0 unspecified atom stereocenters. The van der Waals surface area contributed by atoms with Gasteiger partial charge in [0.1, 0.15) is 0 Å². The van der Waals surface area contributed by atoms with Crippen LogP contribution in [0.1, 0.15) is 18.4 Å². The van der Waals surface area contributed by atoms with Crippen molar-refractivity contribution in [2.24, 2.45) is 5.92 Å². The zero-order valence-electron chi connectivity index (χ0n) is 11.3. The molecule has 0 spiro atoms. The van der Waals surface area contributed by atoms with Crippen LogP contribution in [0, 0.1) is 12.8 Å². The van der Waals surface area contributed by atoms with Gasteiger partial charge in [0, 0.05) is 29.8 Å². The molecule has 3 rings (SSSR count). The van der Waals surface area contributed by atoms with E-state index in [1.54, 1.807) is 0 Å². The zero-order valence-corrected chi connectivity index (χ0v) is 12.1. The molecule has 1 saturated carbocycles. The second kappa shape index (κ2) is 5.45. The molecule has 2 fully saturated rings. The highest BCUT2D eigenvalue weighted by Crippen LogP contribution is 2.38. The minimum Gasteiger partial charge on any atom is -0.320 e. The highest BCUT2D eigenvalue weighted by molar-refractivity contribution is 7.99. The molecule has 1 aromatic rings. The third-order valence-electron chi connectivity index (χ3n) is 3.86. The first-order valence-corrected chi connectivity index (χ1v) is 8.11. The summed E-state index contributed by atoms with van der Waals surface area (Å²) in [5.41, 5.74) is 2.07. The van der Waals surface area contributed by atoms with Crippen LogP contribution < -0.4 is 5.32 Å². The van der Waals surface area contributed by atoms with Gasteiger partial charge in [-0.25, -0.2) is 4.79 Å². The summed E-state index contributed by atoms with van der Waals surface area (Å²) in [6.45, 7) is 2.92. The van der Waals surface area contributed by atoms with E-state index in [2.05, 4.69) is 10.2 Å². The van der Waals surface area contributed by atoms with Crippen LogP contribution >= 0.6 is 11.8 Å². The van der Waals surface area contributed by atoms with Crippen molar-refractivity contribution in [3.8, 4) is 0 Å². The predicted molar refractivity (Wildman–Crippen MR) is 80.7 cm³/mol. The van der Waals surface area contributed by atoms with Crippen molar-refractivity contribution < 1.29 is 4.79 Å². The molecule has 19 heavy (non-hydrogen) atoms. The number of benzene rings is 1. The molecule has 102 valence electrons. The van der Waals surface area contributed by atoms with Gasteiger partial charge in [0.15, 0.2) is 0 Å². The molecule has 1 aromatic carbocycles. The van der Waals surface area contributed by atoms with Gasteiger partial charge in [0.05, 0.1) is 0 Å². The van der Waals surface area contributed by atoms with Gasteiger partial charge in [0.2, 0.25) is 0 Å². The van der Waals surface area contributed by atoms with Crippen LogP contribution in [0.3, 0.4) is 0 Å². The van der Waals surface area contributed by atoms with Crippen molar-refractivity contribution in [2.75, 3.05) is 23.4 Å². The lowest BCUT2D eigenvalue weighted by Gasteiger charge is -2.35. The van der Waals surface area contributed by atoms with E-state index in [9.17, 15) is 4.79 Å². The Bertz CT molecular complexity index is 473. The largest absolute Gasteiger partial charge is 0.322 e. The summed E-state index contributed by atoms with van der Waals surface area (Å²) in [4.78, 5) is 14.5. The average Bonchev–Trinajstić information content (AvgIpc) is 3.23. The second-order valence-electron chi connectivity index (χ2n) is 5.47. The Balaban J connectivity index is 1.68. The maximum absolute atomic E-state index is 12.4. The Labute approximate surface area is 118 Å². The predicted octanol–water partition coefficient (Wildman–Crippen LogP) is 3.35. The first kappa shape index (κ1) is 12.9. The van der Waals surface area contributed by atoms with E-state index in [0.29, 0.717) is 6.04 Å². The number of nitrogens with one attached hydrogen (secondary N) is 1. The molecule has 4 heteroatoms. The Hall–Kier alpha value is -1.16. The normalized spacial score (nSPS) is 23.2. The lowest BCUT2D eigenvalue weighted by Crippen LogP contribution is -2.49. The SMILES string of the molecule is Cc1cccc(NC(=O)N2CCSC[C@H]2C2CC2)c1. The Morgan fingerprint density at radius 1 is 1.42 bits per heavy atom. The first-order valence-electron chi connectivity index (χ1n) is 6.96. The van der Waals surface area contributed by atoms with E-state index >= 15 is 0 Å². The van der Waals surface area contributed by atoms with E-state index in [1.807, 2.05) is 43.0 Å². The molecule has 3 nitrogen and oxygen atoms in total. The highest BCUT2D eigenvalue weighted by Gasteiger charge is 2.38. The van der Waals surface area contributed by atoms with Gasteiger partial charge in [0.25, 0.3) is 0 Å². The third kappa shape index (κ3) is 3.06. The van der Waals surface area contributed by atoms with Crippen LogP contribution in [0.15, 0.2) is 24.3 Å². The van der Waals surface area contributed by atoms with Gasteiger partial charge in [-0.2, -0.15) is 11.8 Å². The van der Waals surface area contributed by atoms with Crippen LogP contribution in [0.25, 0.3) is 0 Å². The van der Waals surface area contributed by atoms with E-state index in [4.69, 9.17) is 0 Å². The number of aryl methyl sites for hydroxylation is 1. The van der Waals surface area contributed by atoms with E-state index < -0.39 is 0 Å². The number of anilines is 1. The lowest BCUT2D eigenvalue weighted by atomic mass is 10.2. The van der Waals surface area contributed by atoms with Crippen molar-refractivity contribution in [2.45, 2.75) is 25.8 Å². The third-order valence-corrected chi connectivity index (χ3v) is 4.91. The number of rotatable bonds is 2. The molecule has 1 N–H and O–H groups in total. The number of urea groups is 1. The number of carbonyl (C=O) groups is 1. The van der Waals surface area contributed by atoms with Crippen LogP contribution in [0.5, 0.6) is 0 Å². The van der Waals surface area contributed by atoms with Gasteiger partial charge < -0.3 is 10.2 Å². The molecule has 1 aliphatic carbocycles. The first-order chi connectivity index (χ1) is 9.24. The van der Waals surface area contributed by atoms with Gasteiger partial charge in [-0.15, -0.1) is 0 Å². The van der Waals surface area contributed by atoms with Crippen LogP contribution in [-0.2, 0) is 0 Å². The van der Waals surface area contributed by atoms with Gasteiger partial charge in [-0.3, -0.25) is 0 Å². The zero-order chi connectivity index (χ0) is 13.2. The minimum atomic E-state index is 0.0720. The van der Waals surface area contributed by atoms with Crippen LogP contribution in [0.2, 0.25) is 0 Å². The highest BCUT2D eigenvalue weighted by atomic mass is 32.2. The van der Waals surface area contributed by atoms with Crippen LogP contribution in [0.4, 0.5) is 10.5 Å². The van der Waals surface area contributed by atoms with Crippen molar-refractivity contribution in [3.05, 3.63) is 29.8 Å². The Kier molecular flexibility index (Phi) is 3.69. The van der Waals surface area contributed by atoms with Gasteiger partial charge in [-0.05, 0) is 43.4 Å². The number of amides is 2. The van der Waals surface area contributed by atoms with Crippen molar-refractivity contribution in [3.63, 3.8) is 0 Å². The molecule has 0 aromatic heterocycles. The Morgan fingerprint density at radius 2 is 2.26 bits per heavy atom. The van der Waals surface area contributed by atoms with E-state index in [1.165, 1.54) is 18.4 Å². The van der Waals surface area contributed by atoms with E-state index in [-0.39, 0.29) is 6.03 Å². The quantitative estimate of drug-likeness (QED) is 0.898.